The van der Waals surface area contributed by atoms with Gasteiger partial charge in [-0.05, 0) is 35.7 Å². The first kappa shape index (κ1) is 15.9. The van der Waals surface area contributed by atoms with E-state index in [4.69, 9.17) is 9.47 Å². The quantitative estimate of drug-likeness (QED) is 0.855. The smallest absolute Gasteiger partial charge is 0.220 e. The molecule has 22 heavy (non-hydrogen) atoms. The zero-order valence-electron chi connectivity index (χ0n) is 13.0. The molecule has 1 amide bonds. The highest BCUT2D eigenvalue weighted by atomic mass is 16.5. The number of aryl methyl sites for hydroxylation is 1. The number of hydrogen-bond donors (Lipinski definition) is 1. The largest absolute Gasteiger partial charge is 0.497 e. The van der Waals surface area contributed by atoms with Crippen molar-refractivity contribution in [1.82, 2.24) is 5.32 Å². The predicted molar refractivity (Wildman–Crippen MR) is 86.2 cm³/mol. The van der Waals surface area contributed by atoms with Crippen LogP contribution in [0.2, 0.25) is 0 Å². The molecule has 4 nitrogen and oxygen atoms in total. The Kier molecular flexibility index (Phi) is 5.83. The van der Waals surface area contributed by atoms with E-state index in [0.717, 1.165) is 22.6 Å². The number of benzene rings is 2. The average Bonchev–Trinajstić information content (AvgIpc) is 2.58. The van der Waals surface area contributed by atoms with Gasteiger partial charge in [0.15, 0.2) is 0 Å². The molecule has 0 aromatic heterocycles. The van der Waals surface area contributed by atoms with Crippen molar-refractivity contribution in [2.24, 2.45) is 0 Å². The highest BCUT2D eigenvalue weighted by Gasteiger charge is 2.06. The average molecular weight is 299 g/mol. The lowest BCUT2D eigenvalue weighted by atomic mass is 10.1. The van der Waals surface area contributed by atoms with Gasteiger partial charge in [-0.25, -0.2) is 0 Å². The number of carbonyl (C=O) groups is 1. The van der Waals surface area contributed by atoms with Gasteiger partial charge in [0, 0.05) is 13.0 Å². The highest BCUT2D eigenvalue weighted by Crippen LogP contribution is 2.18. The van der Waals surface area contributed by atoms with Crippen LogP contribution in [0.1, 0.15) is 17.5 Å². The first-order chi connectivity index (χ1) is 10.7. The number of hydrogen-bond acceptors (Lipinski definition) is 3. The number of carbonyl (C=O) groups excluding carboxylic acids is 1. The van der Waals surface area contributed by atoms with E-state index in [1.54, 1.807) is 14.2 Å². The fraction of sp³-hybridized carbons (Fsp3) is 0.278. The van der Waals surface area contributed by atoms with E-state index < -0.39 is 0 Å². The molecule has 2 aromatic rings. The van der Waals surface area contributed by atoms with E-state index in [1.165, 1.54) is 0 Å². The fourth-order valence-electron chi connectivity index (χ4n) is 2.23. The normalized spacial score (nSPS) is 10.1. The van der Waals surface area contributed by atoms with Crippen LogP contribution in [0.15, 0.2) is 48.5 Å². The van der Waals surface area contributed by atoms with Gasteiger partial charge in [-0.1, -0.05) is 30.3 Å². The first-order valence-electron chi connectivity index (χ1n) is 7.24. The van der Waals surface area contributed by atoms with E-state index in [2.05, 4.69) is 5.32 Å². The summed E-state index contributed by atoms with van der Waals surface area (Å²) in [6, 6.07) is 15.4. The fourth-order valence-corrected chi connectivity index (χ4v) is 2.23. The third-order valence-corrected chi connectivity index (χ3v) is 3.44. The Hall–Kier alpha value is -2.49. The summed E-state index contributed by atoms with van der Waals surface area (Å²) < 4.78 is 10.5. The minimum Gasteiger partial charge on any atom is -0.497 e. The third kappa shape index (κ3) is 4.52. The maximum atomic E-state index is 12.0. The Morgan fingerprint density at radius 2 is 1.86 bits per heavy atom. The molecule has 0 radical (unpaired) electrons. The molecule has 0 heterocycles. The van der Waals surface area contributed by atoms with Crippen molar-refractivity contribution < 1.29 is 14.3 Å². The molecule has 0 aliphatic carbocycles. The molecule has 0 aliphatic rings. The number of ether oxygens (including phenoxy) is 2. The molecule has 0 fully saturated rings. The highest BCUT2D eigenvalue weighted by molar-refractivity contribution is 5.76. The summed E-state index contributed by atoms with van der Waals surface area (Å²) in [4.78, 5) is 12.0. The van der Waals surface area contributed by atoms with Crippen LogP contribution >= 0.6 is 0 Å². The monoisotopic (exact) mass is 299 g/mol. The molecule has 0 atom stereocenters. The van der Waals surface area contributed by atoms with Gasteiger partial charge in [-0.2, -0.15) is 0 Å². The number of para-hydroxylation sites is 1. The summed E-state index contributed by atoms with van der Waals surface area (Å²) in [6.45, 7) is 0.502. The van der Waals surface area contributed by atoms with Crippen LogP contribution in [-0.4, -0.2) is 20.1 Å². The van der Waals surface area contributed by atoms with Gasteiger partial charge in [0.2, 0.25) is 5.91 Å². The van der Waals surface area contributed by atoms with Crippen LogP contribution in [0.4, 0.5) is 0 Å². The molecule has 0 saturated carbocycles. The van der Waals surface area contributed by atoms with E-state index in [1.807, 2.05) is 48.5 Å². The lowest BCUT2D eigenvalue weighted by Gasteiger charge is -2.09. The lowest BCUT2D eigenvalue weighted by molar-refractivity contribution is -0.121. The number of nitrogens with one attached hydrogen (secondary N) is 1. The molecule has 1 N–H and O–H groups in total. The molecule has 0 aliphatic heterocycles. The van der Waals surface area contributed by atoms with E-state index in [0.29, 0.717) is 19.4 Å². The summed E-state index contributed by atoms with van der Waals surface area (Å²) >= 11 is 0. The molecule has 0 bridgehead atoms. The molecule has 116 valence electrons. The minimum absolute atomic E-state index is 0.0220. The molecule has 2 rings (SSSR count). The second-order valence-electron chi connectivity index (χ2n) is 4.94. The topological polar surface area (TPSA) is 47.6 Å². The second kappa shape index (κ2) is 8.08. The summed E-state index contributed by atoms with van der Waals surface area (Å²) in [5, 5.41) is 2.92. The van der Waals surface area contributed by atoms with Crippen LogP contribution in [0.25, 0.3) is 0 Å². The molecular formula is C18H21NO3. The van der Waals surface area contributed by atoms with Gasteiger partial charge in [-0.15, -0.1) is 0 Å². The van der Waals surface area contributed by atoms with Crippen molar-refractivity contribution in [2.75, 3.05) is 14.2 Å². The van der Waals surface area contributed by atoms with E-state index in [9.17, 15) is 4.79 Å². The molecule has 0 spiro atoms. The van der Waals surface area contributed by atoms with Gasteiger partial charge in [0.25, 0.3) is 0 Å². The Balaban J connectivity index is 1.83. The Bertz CT molecular complexity index is 625. The maximum Gasteiger partial charge on any atom is 0.220 e. The van der Waals surface area contributed by atoms with Gasteiger partial charge < -0.3 is 14.8 Å². The standard InChI is InChI=1S/C18H21NO3/c1-21-16-8-5-6-14(12-16)13-19-18(20)11-10-15-7-3-4-9-17(15)22-2/h3-9,12H,10-11,13H2,1-2H3,(H,19,20). The Labute approximate surface area is 131 Å². The van der Waals surface area contributed by atoms with Gasteiger partial charge in [-0.3, -0.25) is 4.79 Å². The molecular weight excluding hydrogens is 278 g/mol. The van der Waals surface area contributed by atoms with Crippen molar-refractivity contribution in [3.8, 4) is 11.5 Å². The van der Waals surface area contributed by atoms with Crippen molar-refractivity contribution >= 4 is 5.91 Å². The second-order valence-corrected chi connectivity index (χ2v) is 4.94. The zero-order chi connectivity index (χ0) is 15.8. The lowest BCUT2D eigenvalue weighted by Crippen LogP contribution is -2.23. The Morgan fingerprint density at radius 3 is 2.64 bits per heavy atom. The molecule has 2 aromatic carbocycles. The van der Waals surface area contributed by atoms with Crippen molar-refractivity contribution in [2.45, 2.75) is 19.4 Å². The predicted octanol–water partition coefficient (Wildman–Crippen LogP) is 2.95. The van der Waals surface area contributed by atoms with Gasteiger partial charge >= 0.3 is 0 Å². The minimum atomic E-state index is 0.0220. The summed E-state index contributed by atoms with van der Waals surface area (Å²) in [7, 11) is 3.27. The first-order valence-corrected chi connectivity index (χ1v) is 7.24. The number of rotatable bonds is 7. The van der Waals surface area contributed by atoms with Crippen molar-refractivity contribution in [3.63, 3.8) is 0 Å². The molecule has 4 heteroatoms. The van der Waals surface area contributed by atoms with Crippen molar-refractivity contribution in [1.29, 1.82) is 0 Å². The van der Waals surface area contributed by atoms with Gasteiger partial charge in [0.1, 0.15) is 11.5 Å². The third-order valence-electron chi connectivity index (χ3n) is 3.44. The summed E-state index contributed by atoms with van der Waals surface area (Å²) in [5.41, 5.74) is 2.06. The molecule has 0 unspecified atom stereocenters. The Morgan fingerprint density at radius 1 is 1.05 bits per heavy atom. The summed E-state index contributed by atoms with van der Waals surface area (Å²) in [6.07, 6.45) is 1.10. The SMILES string of the molecule is COc1cccc(CNC(=O)CCc2ccccc2OC)c1. The van der Waals surface area contributed by atoms with Crippen LogP contribution in [0.5, 0.6) is 11.5 Å². The van der Waals surface area contributed by atoms with Crippen LogP contribution in [0.3, 0.4) is 0 Å². The maximum absolute atomic E-state index is 12.0. The number of methoxy groups -OCH3 is 2. The van der Waals surface area contributed by atoms with Crippen molar-refractivity contribution in [3.05, 3.63) is 59.7 Å². The molecule has 0 saturated heterocycles. The van der Waals surface area contributed by atoms with Crippen LogP contribution in [0, 0.1) is 0 Å². The van der Waals surface area contributed by atoms with Crippen LogP contribution < -0.4 is 14.8 Å². The van der Waals surface area contributed by atoms with Crippen LogP contribution in [-0.2, 0) is 17.8 Å². The van der Waals surface area contributed by atoms with E-state index in [-0.39, 0.29) is 5.91 Å². The number of amides is 1. The summed E-state index contributed by atoms with van der Waals surface area (Å²) in [5.74, 6) is 1.64. The zero-order valence-corrected chi connectivity index (χ0v) is 13.0. The van der Waals surface area contributed by atoms with E-state index >= 15 is 0 Å². The van der Waals surface area contributed by atoms with Gasteiger partial charge in [0.05, 0.1) is 14.2 Å².